The minimum Gasteiger partial charge on any atom is -0.409 e. The lowest BCUT2D eigenvalue weighted by atomic mass is 9.72. The number of carbonyl (C=O) groups is 1. The first-order valence-electron chi connectivity index (χ1n) is 7.05. The van der Waals surface area contributed by atoms with Crippen LogP contribution in [0.15, 0.2) is 23.4 Å². The second-order valence-electron chi connectivity index (χ2n) is 5.55. The first kappa shape index (κ1) is 15.3. The predicted molar refractivity (Wildman–Crippen MR) is 78.7 cm³/mol. The van der Waals surface area contributed by atoms with Crippen LogP contribution in [0.1, 0.15) is 37.7 Å². The van der Waals surface area contributed by atoms with Crippen molar-refractivity contribution < 1.29 is 14.4 Å². The number of rotatable bonds is 3. The third-order valence-electron chi connectivity index (χ3n) is 4.16. The van der Waals surface area contributed by atoms with E-state index in [0.717, 1.165) is 19.3 Å². The van der Waals surface area contributed by atoms with E-state index in [1.165, 1.54) is 12.1 Å². The van der Waals surface area contributed by atoms with Gasteiger partial charge in [-0.1, -0.05) is 24.4 Å². The second-order valence-corrected chi connectivity index (χ2v) is 5.55. The number of hydrogen-bond donors (Lipinski definition) is 3. The summed E-state index contributed by atoms with van der Waals surface area (Å²) in [5, 5.41) is 14.8. The molecule has 1 aliphatic carbocycles. The van der Waals surface area contributed by atoms with Crippen molar-refractivity contribution in [2.24, 2.45) is 16.3 Å². The average Bonchev–Trinajstić information content (AvgIpc) is 2.50. The minimum absolute atomic E-state index is 0.0569. The molecule has 0 radical (unpaired) electrons. The molecule has 0 aliphatic heterocycles. The standard InChI is InChI=1S/C15H20FN3O2/c1-10-9-11(5-6-12(10)16)18-14(20)15(13(17)19-21)7-3-2-4-8-15/h5-6,9,21H,2-4,7-8H2,1H3,(H2,17,19)(H,18,20). The molecular formula is C15H20FN3O2. The largest absolute Gasteiger partial charge is 0.409 e. The molecule has 0 aromatic heterocycles. The Morgan fingerprint density at radius 2 is 2.05 bits per heavy atom. The van der Waals surface area contributed by atoms with E-state index in [4.69, 9.17) is 10.9 Å². The molecule has 0 atom stereocenters. The Hall–Kier alpha value is -2.11. The Kier molecular flexibility index (Phi) is 4.45. The van der Waals surface area contributed by atoms with Crippen molar-refractivity contribution in [3.8, 4) is 0 Å². The molecular weight excluding hydrogens is 273 g/mol. The number of nitrogens with two attached hydrogens (primary N) is 1. The fourth-order valence-corrected chi connectivity index (χ4v) is 2.82. The molecule has 0 saturated heterocycles. The Morgan fingerprint density at radius 3 is 2.62 bits per heavy atom. The van der Waals surface area contributed by atoms with Gasteiger partial charge in [0, 0.05) is 5.69 Å². The zero-order valence-corrected chi connectivity index (χ0v) is 12.0. The molecule has 1 aromatic rings. The summed E-state index contributed by atoms with van der Waals surface area (Å²) in [4.78, 5) is 12.6. The molecule has 2 rings (SSSR count). The van der Waals surface area contributed by atoms with E-state index in [1.54, 1.807) is 13.0 Å². The highest BCUT2D eigenvalue weighted by molar-refractivity contribution is 6.11. The molecule has 1 amide bonds. The van der Waals surface area contributed by atoms with Gasteiger partial charge in [0.1, 0.15) is 11.2 Å². The molecule has 4 N–H and O–H groups in total. The highest BCUT2D eigenvalue weighted by Crippen LogP contribution is 2.37. The molecule has 1 fully saturated rings. The van der Waals surface area contributed by atoms with E-state index >= 15 is 0 Å². The smallest absolute Gasteiger partial charge is 0.238 e. The molecule has 1 saturated carbocycles. The van der Waals surface area contributed by atoms with Gasteiger partial charge >= 0.3 is 0 Å². The van der Waals surface area contributed by atoms with Crippen molar-refractivity contribution in [3.05, 3.63) is 29.6 Å². The number of oxime groups is 1. The Bertz CT molecular complexity index is 566. The van der Waals surface area contributed by atoms with Gasteiger partial charge in [0.2, 0.25) is 5.91 Å². The van der Waals surface area contributed by atoms with Crippen LogP contribution in [0.25, 0.3) is 0 Å². The zero-order valence-electron chi connectivity index (χ0n) is 12.0. The van der Waals surface area contributed by atoms with Gasteiger partial charge < -0.3 is 16.3 Å². The van der Waals surface area contributed by atoms with E-state index in [-0.39, 0.29) is 17.6 Å². The summed E-state index contributed by atoms with van der Waals surface area (Å²) in [6, 6.07) is 4.38. The first-order chi connectivity index (χ1) is 9.99. The quantitative estimate of drug-likeness (QED) is 0.346. The van der Waals surface area contributed by atoms with Crippen molar-refractivity contribution in [1.82, 2.24) is 0 Å². The monoisotopic (exact) mass is 293 g/mol. The normalized spacial score (nSPS) is 18.3. The van der Waals surface area contributed by atoms with Crippen molar-refractivity contribution >= 4 is 17.4 Å². The number of nitrogens with zero attached hydrogens (tertiary/aromatic N) is 1. The minimum atomic E-state index is -0.977. The Morgan fingerprint density at radius 1 is 1.38 bits per heavy atom. The number of carbonyl (C=O) groups excluding carboxylic acids is 1. The summed E-state index contributed by atoms with van der Waals surface area (Å²) < 4.78 is 13.3. The van der Waals surface area contributed by atoms with Crippen molar-refractivity contribution in [2.45, 2.75) is 39.0 Å². The van der Waals surface area contributed by atoms with E-state index in [0.29, 0.717) is 24.1 Å². The fraction of sp³-hybridized carbons (Fsp3) is 0.467. The van der Waals surface area contributed by atoms with Crippen LogP contribution in [0.4, 0.5) is 10.1 Å². The maximum absolute atomic E-state index is 13.3. The van der Waals surface area contributed by atoms with Crippen LogP contribution in [0.5, 0.6) is 0 Å². The molecule has 0 unspecified atom stereocenters. The van der Waals surface area contributed by atoms with Crippen molar-refractivity contribution in [1.29, 1.82) is 0 Å². The van der Waals surface area contributed by atoms with Crippen LogP contribution in [0.3, 0.4) is 0 Å². The molecule has 0 spiro atoms. The Labute approximate surface area is 123 Å². The fourth-order valence-electron chi connectivity index (χ4n) is 2.82. The summed E-state index contributed by atoms with van der Waals surface area (Å²) in [7, 11) is 0. The number of anilines is 1. The van der Waals surface area contributed by atoms with Crippen LogP contribution >= 0.6 is 0 Å². The highest BCUT2D eigenvalue weighted by Gasteiger charge is 2.43. The summed E-state index contributed by atoms with van der Waals surface area (Å²) in [6.45, 7) is 1.63. The van der Waals surface area contributed by atoms with Crippen LogP contribution in [-0.4, -0.2) is 17.0 Å². The van der Waals surface area contributed by atoms with E-state index in [9.17, 15) is 9.18 Å². The van der Waals surface area contributed by atoms with Gasteiger partial charge in [-0.05, 0) is 43.5 Å². The van der Waals surface area contributed by atoms with E-state index in [2.05, 4.69) is 10.5 Å². The molecule has 0 heterocycles. The van der Waals surface area contributed by atoms with Gasteiger partial charge in [-0.15, -0.1) is 0 Å². The lowest BCUT2D eigenvalue weighted by Crippen LogP contribution is -2.48. The summed E-state index contributed by atoms with van der Waals surface area (Å²) in [6.07, 6.45) is 3.84. The predicted octanol–water partition coefficient (Wildman–Crippen LogP) is 2.77. The maximum atomic E-state index is 13.3. The molecule has 5 nitrogen and oxygen atoms in total. The third kappa shape index (κ3) is 2.99. The Balaban J connectivity index is 2.24. The van der Waals surface area contributed by atoms with Gasteiger partial charge in [-0.2, -0.15) is 0 Å². The number of halogens is 1. The number of amidine groups is 1. The number of hydrogen-bond acceptors (Lipinski definition) is 3. The van der Waals surface area contributed by atoms with Crippen LogP contribution in [0, 0.1) is 18.2 Å². The number of nitrogens with one attached hydrogen (secondary N) is 1. The molecule has 114 valence electrons. The lowest BCUT2D eigenvalue weighted by Gasteiger charge is -2.34. The first-order valence-corrected chi connectivity index (χ1v) is 7.05. The summed E-state index contributed by atoms with van der Waals surface area (Å²) in [5.74, 6) is -0.682. The molecule has 6 heteroatoms. The lowest BCUT2D eigenvalue weighted by molar-refractivity contribution is -0.123. The summed E-state index contributed by atoms with van der Waals surface area (Å²) >= 11 is 0. The van der Waals surface area contributed by atoms with Crippen LogP contribution in [-0.2, 0) is 4.79 Å². The highest BCUT2D eigenvalue weighted by atomic mass is 19.1. The average molecular weight is 293 g/mol. The van der Waals surface area contributed by atoms with Gasteiger partial charge in [0.25, 0.3) is 0 Å². The van der Waals surface area contributed by atoms with E-state index < -0.39 is 5.41 Å². The van der Waals surface area contributed by atoms with E-state index in [1.807, 2.05) is 0 Å². The molecule has 1 aliphatic rings. The molecule has 1 aromatic carbocycles. The number of amides is 1. The van der Waals surface area contributed by atoms with Crippen LogP contribution < -0.4 is 11.1 Å². The van der Waals surface area contributed by atoms with Crippen molar-refractivity contribution in [3.63, 3.8) is 0 Å². The third-order valence-corrected chi connectivity index (χ3v) is 4.16. The van der Waals surface area contributed by atoms with Crippen molar-refractivity contribution in [2.75, 3.05) is 5.32 Å². The van der Waals surface area contributed by atoms with Gasteiger partial charge in [-0.3, -0.25) is 4.79 Å². The van der Waals surface area contributed by atoms with Gasteiger partial charge in [0.15, 0.2) is 5.84 Å². The molecule has 21 heavy (non-hydrogen) atoms. The topological polar surface area (TPSA) is 87.7 Å². The second kappa shape index (κ2) is 6.11. The zero-order chi connectivity index (χ0) is 15.5. The SMILES string of the molecule is Cc1cc(NC(=O)C2(C(N)=NO)CCCCC2)ccc1F. The molecule has 0 bridgehead atoms. The van der Waals surface area contributed by atoms with Gasteiger partial charge in [-0.25, -0.2) is 4.39 Å². The number of aryl methyl sites for hydroxylation is 1. The maximum Gasteiger partial charge on any atom is 0.238 e. The number of benzene rings is 1. The van der Waals surface area contributed by atoms with Gasteiger partial charge in [0.05, 0.1) is 0 Å². The van der Waals surface area contributed by atoms with Crippen LogP contribution in [0.2, 0.25) is 0 Å². The summed E-state index contributed by atoms with van der Waals surface area (Å²) in [5.41, 5.74) is 5.76.